The van der Waals surface area contributed by atoms with Crippen LogP contribution >= 0.6 is 0 Å². The first-order valence-electron chi connectivity index (χ1n) is 10.7. The maximum Gasteiger partial charge on any atom is 0.227 e. The third kappa shape index (κ3) is 4.54. The van der Waals surface area contributed by atoms with Crippen molar-refractivity contribution >= 4 is 11.8 Å². The summed E-state index contributed by atoms with van der Waals surface area (Å²) in [4.78, 5) is 28.7. The second-order valence-corrected chi connectivity index (χ2v) is 8.72. The standard InChI is InChI=1S/C21H33N3O3/c25-19-7-6-18(14-22-19)20(26)24-10-8-21(9-11-24)16-23(12-13-27-21)15-17-4-2-1-3-5-17/h4,18H,1-3,5-16H2,(H,22,25). The molecule has 3 fully saturated rings. The molecule has 4 aliphatic rings. The SMILES string of the molecule is O=C1CCC(C(=O)N2CCC3(CC2)CN(CC2=CCCCC2)CCO3)CN1. The fraction of sp³-hybridized carbons (Fsp3) is 0.810. The predicted octanol–water partition coefficient (Wildman–Crippen LogP) is 1.71. The van der Waals surface area contributed by atoms with Gasteiger partial charge in [-0.2, -0.15) is 0 Å². The van der Waals surface area contributed by atoms with Crippen LogP contribution in [0.15, 0.2) is 11.6 Å². The molecule has 6 nitrogen and oxygen atoms in total. The van der Waals surface area contributed by atoms with Gasteiger partial charge in [0.25, 0.3) is 0 Å². The Balaban J connectivity index is 1.29. The lowest BCUT2D eigenvalue weighted by atomic mass is 9.87. The molecule has 0 radical (unpaired) electrons. The van der Waals surface area contributed by atoms with Crippen LogP contribution in [0.4, 0.5) is 0 Å². The number of nitrogens with one attached hydrogen (secondary N) is 1. The Morgan fingerprint density at radius 2 is 2.07 bits per heavy atom. The molecule has 3 heterocycles. The minimum absolute atomic E-state index is 0.0428. The lowest BCUT2D eigenvalue weighted by molar-refractivity contribution is -0.153. The number of morpholine rings is 1. The van der Waals surface area contributed by atoms with Gasteiger partial charge in [-0.15, -0.1) is 0 Å². The zero-order chi connectivity index (χ0) is 18.7. The number of hydrogen-bond donors (Lipinski definition) is 1. The summed E-state index contributed by atoms with van der Waals surface area (Å²) < 4.78 is 6.26. The van der Waals surface area contributed by atoms with Crippen LogP contribution < -0.4 is 5.32 Å². The van der Waals surface area contributed by atoms with E-state index in [4.69, 9.17) is 4.74 Å². The summed E-state index contributed by atoms with van der Waals surface area (Å²) in [6.45, 7) is 5.96. The summed E-state index contributed by atoms with van der Waals surface area (Å²) in [5.74, 6) is 0.240. The third-order valence-electron chi connectivity index (χ3n) is 6.74. The highest BCUT2D eigenvalue weighted by molar-refractivity contribution is 5.83. The highest BCUT2D eigenvalue weighted by atomic mass is 16.5. The quantitative estimate of drug-likeness (QED) is 0.763. The highest BCUT2D eigenvalue weighted by Crippen LogP contribution is 2.32. The van der Waals surface area contributed by atoms with E-state index in [0.717, 1.165) is 52.2 Å². The normalized spacial score (nSPS) is 29.3. The van der Waals surface area contributed by atoms with E-state index in [-0.39, 0.29) is 23.3 Å². The molecule has 1 atom stereocenters. The van der Waals surface area contributed by atoms with Crippen LogP contribution in [-0.4, -0.2) is 73.1 Å². The lowest BCUT2D eigenvalue weighted by Crippen LogP contribution is -2.58. The molecule has 0 saturated carbocycles. The maximum absolute atomic E-state index is 12.8. The van der Waals surface area contributed by atoms with Crippen molar-refractivity contribution in [3.05, 3.63) is 11.6 Å². The van der Waals surface area contributed by atoms with Crippen molar-refractivity contribution in [1.82, 2.24) is 15.1 Å². The minimum atomic E-state index is -0.0783. The van der Waals surface area contributed by atoms with Gasteiger partial charge in [0.05, 0.1) is 18.1 Å². The van der Waals surface area contributed by atoms with E-state index < -0.39 is 0 Å². The first kappa shape index (κ1) is 18.9. The molecule has 1 spiro atoms. The highest BCUT2D eigenvalue weighted by Gasteiger charge is 2.41. The summed E-state index contributed by atoms with van der Waals surface area (Å²) in [6.07, 6.45) is 10.6. The van der Waals surface area contributed by atoms with Crippen molar-refractivity contribution in [2.75, 3.05) is 45.9 Å². The van der Waals surface area contributed by atoms with Crippen molar-refractivity contribution in [2.45, 2.75) is 57.0 Å². The van der Waals surface area contributed by atoms with Gasteiger partial charge in [0, 0.05) is 45.7 Å². The van der Waals surface area contributed by atoms with Gasteiger partial charge in [-0.1, -0.05) is 11.6 Å². The van der Waals surface area contributed by atoms with Gasteiger partial charge < -0.3 is 15.0 Å². The van der Waals surface area contributed by atoms with Crippen LogP contribution in [0.3, 0.4) is 0 Å². The Hall–Kier alpha value is -1.40. The number of rotatable bonds is 3. The summed E-state index contributed by atoms with van der Waals surface area (Å²) in [5.41, 5.74) is 1.52. The zero-order valence-electron chi connectivity index (χ0n) is 16.4. The largest absolute Gasteiger partial charge is 0.372 e. The average molecular weight is 376 g/mol. The summed E-state index contributed by atoms with van der Waals surface area (Å²) >= 11 is 0. The van der Waals surface area contributed by atoms with Gasteiger partial charge >= 0.3 is 0 Å². The molecule has 2 amide bonds. The fourth-order valence-corrected chi connectivity index (χ4v) is 5.03. The van der Waals surface area contributed by atoms with Crippen LogP contribution in [0.5, 0.6) is 0 Å². The van der Waals surface area contributed by atoms with E-state index in [9.17, 15) is 9.59 Å². The van der Waals surface area contributed by atoms with Gasteiger partial charge in [0.1, 0.15) is 0 Å². The van der Waals surface area contributed by atoms with Gasteiger partial charge in [-0.25, -0.2) is 0 Å². The number of nitrogens with zero attached hydrogens (tertiary/aromatic N) is 2. The van der Waals surface area contributed by atoms with Gasteiger partial charge in [-0.05, 0) is 44.9 Å². The van der Waals surface area contributed by atoms with Crippen molar-refractivity contribution < 1.29 is 14.3 Å². The van der Waals surface area contributed by atoms with E-state index in [0.29, 0.717) is 19.4 Å². The molecule has 150 valence electrons. The van der Waals surface area contributed by atoms with Crippen molar-refractivity contribution in [2.24, 2.45) is 5.92 Å². The molecule has 4 rings (SSSR count). The maximum atomic E-state index is 12.8. The Labute approximate surface area is 162 Å². The number of amides is 2. The molecule has 0 aromatic rings. The Kier molecular flexibility index (Phi) is 5.83. The van der Waals surface area contributed by atoms with Crippen molar-refractivity contribution in [3.8, 4) is 0 Å². The smallest absolute Gasteiger partial charge is 0.227 e. The van der Waals surface area contributed by atoms with E-state index in [1.54, 1.807) is 5.57 Å². The molecule has 1 N–H and O–H groups in total. The Bertz CT molecular complexity index is 585. The molecule has 6 heteroatoms. The molecular weight excluding hydrogens is 342 g/mol. The van der Waals surface area contributed by atoms with Crippen LogP contribution in [0.1, 0.15) is 51.4 Å². The van der Waals surface area contributed by atoms with Gasteiger partial charge in [0.2, 0.25) is 11.8 Å². The van der Waals surface area contributed by atoms with E-state index >= 15 is 0 Å². The molecule has 3 aliphatic heterocycles. The van der Waals surface area contributed by atoms with Crippen molar-refractivity contribution in [3.63, 3.8) is 0 Å². The summed E-state index contributed by atoms with van der Waals surface area (Å²) in [6, 6.07) is 0. The van der Waals surface area contributed by atoms with Crippen LogP contribution in [0, 0.1) is 5.92 Å². The molecule has 27 heavy (non-hydrogen) atoms. The number of piperidine rings is 2. The zero-order valence-corrected chi connectivity index (χ0v) is 16.4. The number of hydrogen-bond acceptors (Lipinski definition) is 4. The first-order chi connectivity index (χ1) is 13.1. The molecule has 3 saturated heterocycles. The molecule has 1 aliphatic carbocycles. The minimum Gasteiger partial charge on any atom is -0.372 e. The topological polar surface area (TPSA) is 61.9 Å². The number of carbonyl (C=O) groups excluding carboxylic acids is 2. The van der Waals surface area contributed by atoms with E-state index in [1.807, 2.05) is 4.90 Å². The lowest BCUT2D eigenvalue weighted by Gasteiger charge is -2.48. The second-order valence-electron chi connectivity index (χ2n) is 8.72. The summed E-state index contributed by atoms with van der Waals surface area (Å²) in [5, 5.41) is 2.83. The van der Waals surface area contributed by atoms with Crippen LogP contribution in [-0.2, 0) is 14.3 Å². The molecule has 0 bridgehead atoms. The third-order valence-corrected chi connectivity index (χ3v) is 6.74. The second kappa shape index (κ2) is 8.31. The molecule has 0 aromatic heterocycles. The molecule has 0 aromatic carbocycles. The van der Waals surface area contributed by atoms with Crippen molar-refractivity contribution in [1.29, 1.82) is 0 Å². The van der Waals surface area contributed by atoms with Crippen LogP contribution in [0.25, 0.3) is 0 Å². The van der Waals surface area contributed by atoms with E-state index in [1.165, 1.54) is 25.7 Å². The Morgan fingerprint density at radius 1 is 1.22 bits per heavy atom. The molecule has 1 unspecified atom stereocenters. The van der Waals surface area contributed by atoms with E-state index in [2.05, 4.69) is 16.3 Å². The van der Waals surface area contributed by atoms with Crippen LogP contribution in [0.2, 0.25) is 0 Å². The average Bonchev–Trinajstić information content (AvgIpc) is 2.70. The number of allylic oxidation sites excluding steroid dienone is 1. The monoisotopic (exact) mass is 375 g/mol. The Morgan fingerprint density at radius 3 is 2.78 bits per heavy atom. The number of carbonyl (C=O) groups is 2. The molecular formula is C21H33N3O3. The first-order valence-corrected chi connectivity index (χ1v) is 10.7. The predicted molar refractivity (Wildman–Crippen MR) is 103 cm³/mol. The van der Waals surface area contributed by atoms with Gasteiger partial charge in [-0.3, -0.25) is 14.5 Å². The number of likely N-dealkylation sites (tertiary alicyclic amines) is 1. The van der Waals surface area contributed by atoms with Gasteiger partial charge in [0.15, 0.2) is 0 Å². The number of ether oxygens (including phenoxy) is 1. The fourth-order valence-electron chi connectivity index (χ4n) is 5.03. The summed E-state index contributed by atoms with van der Waals surface area (Å²) in [7, 11) is 0.